The summed E-state index contributed by atoms with van der Waals surface area (Å²) in [7, 11) is 0. The number of carbonyl (C=O) groups is 2. The number of Topliss-reactive ketones (excluding diaryl/α,β-unsaturated/α-hetero) is 1. The zero-order valence-electron chi connectivity index (χ0n) is 12.4. The molecule has 1 unspecified atom stereocenters. The van der Waals surface area contributed by atoms with E-state index in [1.165, 1.54) is 6.92 Å². The summed E-state index contributed by atoms with van der Waals surface area (Å²) in [6.07, 6.45) is -0.617. The van der Waals surface area contributed by atoms with Gasteiger partial charge in [-0.25, -0.2) is 4.79 Å². The second-order valence-electron chi connectivity index (χ2n) is 5.85. The molecule has 5 heteroatoms. The number of rotatable bonds is 4. The lowest BCUT2D eigenvalue weighted by Gasteiger charge is -2.25. The molecule has 0 fully saturated rings. The van der Waals surface area contributed by atoms with Crippen LogP contribution in [0.25, 0.3) is 0 Å². The number of urea groups is 1. The molecule has 0 heterocycles. The van der Waals surface area contributed by atoms with Crippen LogP contribution >= 0.6 is 0 Å². The van der Waals surface area contributed by atoms with Gasteiger partial charge < -0.3 is 15.7 Å². The summed E-state index contributed by atoms with van der Waals surface area (Å²) in [6, 6.07) is 6.25. The normalized spacial score (nSPS) is 12.7. The van der Waals surface area contributed by atoms with Crippen LogP contribution in [0.1, 0.15) is 38.1 Å². The van der Waals surface area contributed by atoms with Gasteiger partial charge in [0.25, 0.3) is 0 Å². The highest BCUT2D eigenvalue weighted by Gasteiger charge is 2.22. The van der Waals surface area contributed by atoms with Gasteiger partial charge in [-0.15, -0.1) is 0 Å². The lowest BCUT2D eigenvalue weighted by molar-refractivity contribution is 0.0654. The Morgan fingerprint density at radius 3 is 2.20 bits per heavy atom. The van der Waals surface area contributed by atoms with Crippen molar-refractivity contribution in [2.45, 2.75) is 33.8 Å². The Morgan fingerprint density at radius 2 is 1.75 bits per heavy atom. The topological polar surface area (TPSA) is 78.4 Å². The molecule has 0 aliphatic heterocycles. The fourth-order valence-electron chi connectivity index (χ4n) is 1.46. The third-order valence-corrected chi connectivity index (χ3v) is 3.00. The van der Waals surface area contributed by atoms with E-state index in [0.717, 1.165) is 0 Å². The maximum Gasteiger partial charge on any atom is 0.319 e. The summed E-state index contributed by atoms with van der Waals surface area (Å²) in [6.45, 7) is 7.37. The number of hydrogen-bond donors (Lipinski definition) is 3. The molecule has 1 rings (SSSR count). The van der Waals surface area contributed by atoms with Crippen molar-refractivity contribution < 1.29 is 14.7 Å². The summed E-state index contributed by atoms with van der Waals surface area (Å²) in [5.74, 6) is -0.0192. The lowest BCUT2D eigenvalue weighted by Crippen LogP contribution is -2.40. The molecule has 110 valence electrons. The maximum atomic E-state index is 11.7. The van der Waals surface area contributed by atoms with Crippen molar-refractivity contribution in [3.8, 4) is 0 Å². The van der Waals surface area contributed by atoms with Gasteiger partial charge in [-0.2, -0.15) is 0 Å². The maximum absolute atomic E-state index is 11.7. The van der Waals surface area contributed by atoms with Crippen LogP contribution in [0.2, 0.25) is 0 Å². The van der Waals surface area contributed by atoms with Crippen LogP contribution < -0.4 is 10.6 Å². The molecule has 2 amide bonds. The smallest absolute Gasteiger partial charge is 0.319 e. The van der Waals surface area contributed by atoms with Crippen LogP contribution in [0.15, 0.2) is 24.3 Å². The van der Waals surface area contributed by atoms with E-state index in [-0.39, 0.29) is 23.8 Å². The van der Waals surface area contributed by atoms with Crippen LogP contribution in [0.5, 0.6) is 0 Å². The second kappa shape index (κ2) is 6.52. The number of hydrogen-bond acceptors (Lipinski definition) is 3. The summed E-state index contributed by atoms with van der Waals surface area (Å²) in [5.41, 5.74) is 0.910. The molecule has 0 spiro atoms. The van der Waals surface area contributed by atoms with E-state index < -0.39 is 6.10 Å². The molecule has 5 nitrogen and oxygen atoms in total. The molecule has 0 bridgehead atoms. The zero-order valence-corrected chi connectivity index (χ0v) is 12.4. The van der Waals surface area contributed by atoms with Crippen LogP contribution in [-0.2, 0) is 0 Å². The highest BCUT2D eigenvalue weighted by Crippen LogP contribution is 2.18. The fourth-order valence-corrected chi connectivity index (χ4v) is 1.46. The van der Waals surface area contributed by atoms with Crippen LogP contribution in [0, 0.1) is 5.41 Å². The third kappa shape index (κ3) is 5.01. The van der Waals surface area contributed by atoms with Crippen molar-refractivity contribution in [1.82, 2.24) is 5.32 Å². The first kappa shape index (κ1) is 16.2. The van der Waals surface area contributed by atoms with Gasteiger partial charge in [0.1, 0.15) is 0 Å². The van der Waals surface area contributed by atoms with Gasteiger partial charge in [-0.05, 0) is 36.6 Å². The molecule has 1 aromatic carbocycles. The van der Waals surface area contributed by atoms with Gasteiger partial charge in [0.2, 0.25) is 0 Å². The van der Waals surface area contributed by atoms with Gasteiger partial charge in [-0.3, -0.25) is 4.79 Å². The molecule has 0 saturated carbocycles. The molecular formula is C15H22N2O3. The number of benzene rings is 1. The molecule has 3 N–H and O–H groups in total. The summed E-state index contributed by atoms with van der Waals surface area (Å²) >= 11 is 0. The first-order valence-electron chi connectivity index (χ1n) is 6.54. The highest BCUT2D eigenvalue weighted by atomic mass is 16.3. The van der Waals surface area contributed by atoms with E-state index in [2.05, 4.69) is 10.6 Å². The number of nitrogens with one attached hydrogen (secondary N) is 2. The second-order valence-corrected chi connectivity index (χ2v) is 5.85. The largest absolute Gasteiger partial charge is 0.391 e. The Labute approximate surface area is 119 Å². The summed E-state index contributed by atoms with van der Waals surface area (Å²) in [4.78, 5) is 22.8. The molecule has 0 aliphatic carbocycles. The molecule has 0 aliphatic rings. The SMILES string of the molecule is CC(=O)c1ccc(NC(=O)NCC(O)C(C)(C)C)cc1. The summed E-state index contributed by atoms with van der Waals surface area (Å²) in [5, 5.41) is 15.1. The first-order valence-corrected chi connectivity index (χ1v) is 6.54. The number of aliphatic hydroxyl groups excluding tert-OH is 1. The molecule has 0 saturated heterocycles. The Balaban J connectivity index is 2.48. The van der Waals surface area contributed by atoms with Gasteiger partial charge >= 0.3 is 6.03 Å². The number of aliphatic hydroxyl groups is 1. The quantitative estimate of drug-likeness (QED) is 0.740. The highest BCUT2D eigenvalue weighted by molar-refractivity contribution is 5.95. The summed E-state index contributed by atoms with van der Waals surface area (Å²) < 4.78 is 0. The average molecular weight is 278 g/mol. The zero-order chi connectivity index (χ0) is 15.3. The number of ketones is 1. The fraction of sp³-hybridized carbons (Fsp3) is 0.467. The minimum absolute atomic E-state index is 0.0192. The van der Waals surface area contributed by atoms with Crippen molar-refractivity contribution in [1.29, 1.82) is 0 Å². The predicted molar refractivity (Wildman–Crippen MR) is 78.9 cm³/mol. The minimum atomic E-state index is -0.617. The molecular weight excluding hydrogens is 256 g/mol. The van der Waals surface area contributed by atoms with Crippen molar-refractivity contribution in [2.24, 2.45) is 5.41 Å². The molecule has 0 aromatic heterocycles. The van der Waals surface area contributed by atoms with Crippen molar-refractivity contribution >= 4 is 17.5 Å². The Kier molecular flexibility index (Phi) is 5.27. The Bertz CT molecular complexity index is 475. The van der Waals surface area contributed by atoms with Crippen LogP contribution in [-0.4, -0.2) is 29.6 Å². The molecule has 1 aromatic rings. The van der Waals surface area contributed by atoms with E-state index in [0.29, 0.717) is 11.3 Å². The van der Waals surface area contributed by atoms with E-state index in [4.69, 9.17) is 0 Å². The van der Waals surface area contributed by atoms with Gasteiger partial charge in [0.15, 0.2) is 5.78 Å². The van der Waals surface area contributed by atoms with Gasteiger partial charge in [0, 0.05) is 17.8 Å². The Morgan fingerprint density at radius 1 is 1.20 bits per heavy atom. The Hall–Kier alpha value is -1.88. The van der Waals surface area contributed by atoms with Gasteiger partial charge in [0.05, 0.1) is 6.10 Å². The lowest BCUT2D eigenvalue weighted by atomic mass is 9.89. The minimum Gasteiger partial charge on any atom is -0.391 e. The van der Waals surface area contributed by atoms with Crippen LogP contribution in [0.4, 0.5) is 10.5 Å². The molecule has 0 radical (unpaired) electrons. The van der Waals surface area contributed by atoms with Crippen molar-refractivity contribution in [3.63, 3.8) is 0 Å². The molecule has 20 heavy (non-hydrogen) atoms. The number of carbonyl (C=O) groups excluding carboxylic acids is 2. The molecule has 1 atom stereocenters. The monoisotopic (exact) mass is 278 g/mol. The number of amides is 2. The average Bonchev–Trinajstić information content (AvgIpc) is 2.35. The van der Waals surface area contributed by atoms with Gasteiger partial charge in [-0.1, -0.05) is 20.8 Å². The first-order chi connectivity index (χ1) is 9.20. The van der Waals surface area contributed by atoms with Crippen molar-refractivity contribution in [3.05, 3.63) is 29.8 Å². The third-order valence-electron chi connectivity index (χ3n) is 3.00. The predicted octanol–water partition coefficient (Wildman–Crippen LogP) is 2.42. The van der Waals surface area contributed by atoms with E-state index in [9.17, 15) is 14.7 Å². The van der Waals surface area contributed by atoms with Crippen molar-refractivity contribution in [2.75, 3.05) is 11.9 Å². The standard InChI is InChI=1S/C15H22N2O3/c1-10(18)11-5-7-12(8-6-11)17-14(20)16-9-13(19)15(2,3)4/h5-8,13,19H,9H2,1-4H3,(H2,16,17,20). The van der Waals surface area contributed by atoms with E-state index in [1.807, 2.05) is 20.8 Å². The van der Waals surface area contributed by atoms with E-state index >= 15 is 0 Å². The van der Waals surface area contributed by atoms with E-state index in [1.54, 1.807) is 24.3 Å². The van der Waals surface area contributed by atoms with Crippen LogP contribution in [0.3, 0.4) is 0 Å². The number of anilines is 1.